The number of benzene rings is 2. The number of fused-ring (bicyclic) bond motifs is 1. The molecule has 1 atom stereocenters. The number of nitrogens with zero attached hydrogens (tertiary/aromatic N) is 2. The first-order valence-electron chi connectivity index (χ1n) is 10.7. The number of urea groups is 1. The molecule has 1 fully saturated rings. The molecule has 1 unspecified atom stereocenters. The molecular weight excluding hydrogens is 406 g/mol. The maximum absolute atomic E-state index is 13.1. The fourth-order valence-corrected chi connectivity index (χ4v) is 4.07. The average molecular weight is 436 g/mol. The molecule has 1 aliphatic rings. The summed E-state index contributed by atoms with van der Waals surface area (Å²) < 4.78 is 5.14. The van der Waals surface area contributed by atoms with Gasteiger partial charge in [0.2, 0.25) is 0 Å². The molecule has 0 radical (unpaired) electrons. The molecule has 8 heteroatoms. The minimum Gasteiger partial charge on any atom is -0.497 e. The van der Waals surface area contributed by atoms with Gasteiger partial charge in [-0.25, -0.2) is 4.79 Å². The summed E-state index contributed by atoms with van der Waals surface area (Å²) in [6.07, 6.45) is 2.09. The van der Waals surface area contributed by atoms with E-state index in [0.29, 0.717) is 23.1 Å². The summed E-state index contributed by atoms with van der Waals surface area (Å²) in [6, 6.07) is 14.5. The molecule has 0 aliphatic carbocycles. The van der Waals surface area contributed by atoms with E-state index in [-0.39, 0.29) is 11.9 Å². The number of hydrogen-bond donors (Lipinski definition) is 3. The summed E-state index contributed by atoms with van der Waals surface area (Å²) in [6.45, 7) is 1.48. The molecule has 3 amide bonds. The molecule has 168 valence electrons. The van der Waals surface area contributed by atoms with Gasteiger partial charge in [0, 0.05) is 35.7 Å². The second-order valence-corrected chi connectivity index (χ2v) is 8.27. The van der Waals surface area contributed by atoms with Gasteiger partial charge < -0.3 is 30.2 Å². The van der Waals surface area contributed by atoms with Crippen LogP contribution in [0.5, 0.6) is 5.75 Å². The first kappa shape index (κ1) is 21.7. The lowest BCUT2D eigenvalue weighted by atomic mass is 10.0. The van der Waals surface area contributed by atoms with Gasteiger partial charge in [-0.1, -0.05) is 6.07 Å². The highest BCUT2D eigenvalue weighted by molar-refractivity contribution is 6.08. The highest BCUT2D eigenvalue weighted by Crippen LogP contribution is 2.26. The van der Waals surface area contributed by atoms with Crippen molar-refractivity contribution in [2.45, 2.75) is 18.9 Å². The summed E-state index contributed by atoms with van der Waals surface area (Å²) in [5.74, 6) is 0.706. The largest absolute Gasteiger partial charge is 0.497 e. The number of carbonyl (C=O) groups is 2. The van der Waals surface area contributed by atoms with Gasteiger partial charge in [0.05, 0.1) is 12.8 Å². The number of hydrogen-bond acceptors (Lipinski definition) is 4. The van der Waals surface area contributed by atoms with Gasteiger partial charge in [0.1, 0.15) is 11.4 Å². The minimum atomic E-state index is -0.360. The van der Waals surface area contributed by atoms with Crippen molar-refractivity contribution in [2.75, 3.05) is 44.9 Å². The predicted molar refractivity (Wildman–Crippen MR) is 127 cm³/mol. The minimum absolute atomic E-state index is 0.0126. The number of carbonyl (C=O) groups excluding carboxylic acids is 2. The number of H-pyrrole nitrogens is 1. The smallest absolute Gasteiger partial charge is 0.323 e. The molecule has 3 aromatic rings. The molecule has 8 nitrogen and oxygen atoms in total. The summed E-state index contributed by atoms with van der Waals surface area (Å²) in [5.41, 5.74) is 2.62. The van der Waals surface area contributed by atoms with E-state index >= 15 is 0 Å². The van der Waals surface area contributed by atoms with Crippen molar-refractivity contribution in [1.29, 1.82) is 0 Å². The van der Waals surface area contributed by atoms with E-state index in [1.165, 1.54) is 0 Å². The van der Waals surface area contributed by atoms with E-state index in [4.69, 9.17) is 4.74 Å². The maximum Gasteiger partial charge on any atom is 0.323 e. The van der Waals surface area contributed by atoms with E-state index in [0.717, 1.165) is 42.6 Å². The SMILES string of the molecule is COc1ccc(NC(=O)Nc2cccc3[nH]c(C(=O)N4CCCC(N(C)C)C4)cc23)cc1. The Kier molecular flexibility index (Phi) is 6.32. The fourth-order valence-electron chi connectivity index (χ4n) is 4.07. The van der Waals surface area contributed by atoms with Crippen LogP contribution in [0, 0.1) is 0 Å². The van der Waals surface area contributed by atoms with Crippen molar-refractivity contribution in [1.82, 2.24) is 14.8 Å². The molecule has 2 heterocycles. The summed E-state index contributed by atoms with van der Waals surface area (Å²) in [4.78, 5) is 33.0. The quantitative estimate of drug-likeness (QED) is 0.565. The maximum atomic E-state index is 13.1. The van der Waals surface area contributed by atoms with Crippen LogP contribution in [0.4, 0.5) is 16.2 Å². The number of methoxy groups -OCH3 is 1. The van der Waals surface area contributed by atoms with Crippen LogP contribution in [0.15, 0.2) is 48.5 Å². The molecular formula is C24H29N5O3. The number of rotatable bonds is 5. The first-order chi connectivity index (χ1) is 15.4. The van der Waals surface area contributed by atoms with Gasteiger partial charge in [-0.2, -0.15) is 0 Å². The van der Waals surface area contributed by atoms with Gasteiger partial charge in [-0.15, -0.1) is 0 Å². The zero-order valence-electron chi connectivity index (χ0n) is 18.6. The zero-order valence-corrected chi connectivity index (χ0v) is 18.6. The molecule has 1 saturated heterocycles. The third kappa shape index (κ3) is 4.70. The van der Waals surface area contributed by atoms with Crippen molar-refractivity contribution in [3.63, 3.8) is 0 Å². The zero-order chi connectivity index (χ0) is 22.7. The first-order valence-corrected chi connectivity index (χ1v) is 10.7. The normalized spacial score (nSPS) is 16.2. The second kappa shape index (κ2) is 9.32. The molecule has 0 spiro atoms. The monoisotopic (exact) mass is 435 g/mol. The Hall–Kier alpha value is -3.52. The fraction of sp³-hybridized carbons (Fsp3) is 0.333. The summed E-state index contributed by atoms with van der Waals surface area (Å²) in [5, 5.41) is 6.48. The standard InChI is InChI=1S/C24H29N5O3/c1-28(2)17-6-5-13-29(15-17)23(30)22-14-19-20(26-22)7-4-8-21(19)27-24(31)25-16-9-11-18(32-3)12-10-16/h4,7-12,14,17,26H,5-6,13,15H2,1-3H3,(H2,25,27,31). The third-order valence-corrected chi connectivity index (χ3v) is 5.90. The molecule has 3 N–H and O–H groups in total. The Labute approximate surface area is 187 Å². The van der Waals surface area contributed by atoms with Crippen LogP contribution in [0.2, 0.25) is 0 Å². The Morgan fingerprint density at radius 2 is 1.91 bits per heavy atom. The van der Waals surface area contributed by atoms with E-state index < -0.39 is 0 Å². The van der Waals surface area contributed by atoms with Crippen LogP contribution >= 0.6 is 0 Å². The number of nitrogens with one attached hydrogen (secondary N) is 3. The molecule has 0 bridgehead atoms. The number of ether oxygens (including phenoxy) is 1. The van der Waals surface area contributed by atoms with Crippen LogP contribution in [-0.4, -0.2) is 67.1 Å². The summed E-state index contributed by atoms with van der Waals surface area (Å²) in [7, 11) is 5.70. The van der Waals surface area contributed by atoms with Crippen LogP contribution < -0.4 is 15.4 Å². The van der Waals surface area contributed by atoms with Crippen LogP contribution in [0.25, 0.3) is 10.9 Å². The van der Waals surface area contributed by atoms with E-state index in [2.05, 4.69) is 34.6 Å². The van der Waals surface area contributed by atoms with Crippen LogP contribution in [-0.2, 0) is 0 Å². The van der Waals surface area contributed by atoms with Crippen molar-refractivity contribution in [2.24, 2.45) is 0 Å². The van der Waals surface area contributed by atoms with E-state index in [9.17, 15) is 9.59 Å². The van der Waals surface area contributed by atoms with E-state index in [1.807, 2.05) is 29.2 Å². The number of aromatic amines is 1. The van der Waals surface area contributed by atoms with E-state index in [1.54, 1.807) is 31.4 Å². The second-order valence-electron chi connectivity index (χ2n) is 8.27. The van der Waals surface area contributed by atoms with Crippen molar-refractivity contribution < 1.29 is 14.3 Å². The summed E-state index contributed by atoms with van der Waals surface area (Å²) >= 11 is 0. The molecule has 2 aromatic carbocycles. The Bertz CT molecular complexity index is 1110. The lowest BCUT2D eigenvalue weighted by Gasteiger charge is -2.35. The van der Waals surface area contributed by atoms with Crippen molar-refractivity contribution in [3.05, 3.63) is 54.2 Å². The van der Waals surface area contributed by atoms with Crippen LogP contribution in [0.1, 0.15) is 23.3 Å². The number of piperidine rings is 1. The van der Waals surface area contributed by atoms with Gasteiger partial charge >= 0.3 is 6.03 Å². The molecule has 1 aliphatic heterocycles. The van der Waals surface area contributed by atoms with Gasteiger partial charge in [-0.05, 0) is 69.4 Å². The van der Waals surface area contributed by atoms with Gasteiger partial charge in [-0.3, -0.25) is 4.79 Å². The Morgan fingerprint density at radius 1 is 1.12 bits per heavy atom. The number of amides is 3. The predicted octanol–water partition coefficient (Wildman–Crippen LogP) is 3.99. The lowest BCUT2D eigenvalue weighted by molar-refractivity contribution is 0.0630. The number of aromatic nitrogens is 1. The highest BCUT2D eigenvalue weighted by atomic mass is 16.5. The Balaban J connectivity index is 1.49. The molecule has 0 saturated carbocycles. The van der Waals surface area contributed by atoms with Gasteiger partial charge in [0.15, 0.2) is 0 Å². The third-order valence-electron chi connectivity index (χ3n) is 5.90. The topological polar surface area (TPSA) is 89.7 Å². The molecule has 1 aromatic heterocycles. The Morgan fingerprint density at radius 3 is 2.62 bits per heavy atom. The van der Waals surface area contributed by atoms with Crippen molar-refractivity contribution in [3.8, 4) is 5.75 Å². The average Bonchev–Trinajstić information content (AvgIpc) is 3.24. The van der Waals surface area contributed by atoms with Crippen LogP contribution in [0.3, 0.4) is 0 Å². The van der Waals surface area contributed by atoms with Gasteiger partial charge in [0.25, 0.3) is 5.91 Å². The molecule has 32 heavy (non-hydrogen) atoms. The number of anilines is 2. The van der Waals surface area contributed by atoms with Crippen molar-refractivity contribution >= 4 is 34.2 Å². The number of likely N-dealkylation sites (tertiary alicyclic amines) is 1. The number of likely N-dealkylation sites (N-methyl/N-ethyl adjacent to an activating group) is 1. The highest BCUT2D eigenvalue weighted by Gasteiger charge is 2.26. The lowest BCUT2D eigenvalue weighted by Crippen LogP contribution is -2.47. The molecule has 4 rings (SSSR count).